The smallest absolute Gasteiger partial charge is 0.0546 e. The second-order valence-electron chi connectivity index (χ2n) is 4.28. The van der Waals surface area contributed by atoms with Crippen molar-refractivity contribution < 1.29 is 5.11 Å². The lowest BCUT2D eigenvalue weighted by Crippen LogP contribution is -2.22. The summed E-state index contributed by atoms with van der Waals surface area (Å²) < 4.78 is 0. The molecule has 0 aromatic heterocycles. The minimum atomic E-state index is -0.0987. The Morgan fingerprint density at radius 2 is 2.21 bits per heavy atom. The predicted octanol–water partition coefficient (Wildman–Crippen LogP) is 2.88. The van der Waals surface area contributed by atoms with Crippen LogP contribution < -0.4 is 0 Å². The van der Waals surface area contributed by atoms with E-state index >= 15 is 0 Å². The molecular formula is C13H18O. The summed E-state index contributed by atoms with van der Waals surface area (Å²) in [5, 5.41) is 9.71. The van der Waals surface area contributed by atoms with Crippen LogP contribution in [0.3, 0.4) is 0 Å². The lowest BCUT2D eigenvalue weighted by atomic mass is 9.74. The number of aliphatic hydroxyl groups excluding tert-OH is 1. The normalized spacial score (nSPS) is 21.1. The summed E-state index contributed by atoms with van der Waals surface area (Å²) in [4.78, 5) is 0. The van der Waals surface area contributed by atoms with Gasteiger partial charge in [-0.2, -0.15) is 0 Å². The highest BCUT2D eigenvalue weighted by Crippen LogP contribution is 2.38. The van der Waals surface area contributed by atoms with E-state index < -0.39 is 0 Å². The van der Waals surface area contributed by atoms with Crippen LogP contribution in [-0.4, -0.2) is 11.2 Å². The fraction of sp³-hybridized carbons (Fsp3) is 0.538. The standard InChI is InChI=1S/C13H18O/c1-2-5-12(14)9-11-8-10-6-3-4-7-13(10)11/h3-4,6-7,11-12,14H,2,5,8-9H2,1H3. The van der Waals surface area contributed by atoms with Crippen molar-refractivity contribution in [3.8, 4) is 0 Å². The van der Waals surface area contributed by atoms with E-state index in [2.05, 4.69) is 31.2 Å². The average molecular weight is 190 g/mol. The number of fused-ring (bicyclic) bond motifs is 1. The highest BCUT2D eigenvalue weighted by Gasteiger charge is 2.26. The molecule has 1 heteroatoms. The number of aliphatic hydroxyl groups is 1. The highest BCUT2D eigenvalue weighted by atomic mass is 16.3. The van der Waals surface area contributed by atoms with E-state index in [4.69, 9.17) is 0 Å². The molecule has 0 radical (unpaired) electrons. The predicted molar refractivity (Wildman–Crippen MR) is 58.4 cm³/mol. The molecule has 0 amide bonds. The molecule has 0 saturated heterocycles. The van der Waals surface area contributed by atoms with Gasteiger partial charge in [-0.1, -0.05) is 37.6 Å². The largest absolute Gasteiger partial charge is 0.393 e. The lowest BCUT2D eigenvalue weighted by Gasteiger charge is -2.31. The van der Waals surface area contributed by atoms with Gasteiger partial charge in [-0.25, -0.2) is 0 Å². The van der Waals surface area contributed by atoms with E-state index in [-0.39, 0.29) is 6.10 Å². The van der Waals surface area contributed by atoms with Gasteiger partial charge in [0.2, 0.25) is 0 Å². The van der Waals surface area contributed by atoms with E-state index in [0.717, 1.165) is 25.7 Å². The second kappa shape index (κ2) is 4.14. The fourth-order valence-electron chi connectivity index (χ4n) is 2.35. The molecule has 2 unspecified atom stereocenters. The van der Waals surface area contributed by atoms with Crippen molar-refractivity contribution in [3.05, 3.63) is 35.4 Å². The second-order valence-corrected chi connectivity index (χ2v) is 4.28. The van der Waals surface area contributed by atoms with E-state index in [1.807, 2.05) is 0 Å². The van der Waals surface area contributed by atoms with Gasteiger partial charge in [0.1, 0.15) is 0 Å². The first-order chi connectivity index (χ1) is 6.81. The Labute approximate surface area is 85.8 Å². The Hall–Kier alpha value is -0.820. The van der Waals surface area contributed by atoms with Crippen molar-refractivity contribution in [3.63, 3.8) is 0 Å². The minimum absolute atomic E-state index is 0.0987. The number of hydrogen-bond donors (Lipinski definition) is 1. The van der Waals surface area contributed by atoms with Gasteiger partial charge >= 0.3 is 0 Å². The third-order valence-electron chi connectivity index (χ3n) is 3.14. The van der Waals surface area contributed by atoms with Gasteiger partial charge in [0.25, 0.3) is 0 Å². The maximum atomic E-state index is 9.71. The zero-order valence-electron chi connectivity index (χ0n) is 8.74. The zero-order valence-corrected chi connectivity index (χ0v) is 8.74. The van der Waals surface area contributed by atoms with E-state index in [1.165, 1.54) is 11.1 Å². The molecule has 2 rings (SSSR count). The third kappa shape index (κ3) is 1.83. The van der Waals surface area contributed by atoms with Crippen LogP contribution in [0.1, 0.15) is 43.2 Å². The van der Waals surface area contributed by atoms with Crippen LogP contribution in [-0.2, 0) is 6.42 Å². The molecule has 2 atom stereocenters. The molecule has 1 nitrogen and oxygen atoms in total. The summed E-state index contributed by atoms with van der Waals surface area (Å²) in [5.74, 6) is 0.618. The first-order valence-electron chi connectivity index (χ1n) is 5.57. The summed E-state index contributed by atoms with van der Waals surface area (Å²) >= 11 is 0. The molecule has 1 aromatic carbocycles. The Morgan fingerprint density at radius 3 is 2.93 bits per heavy atom. The van der Waals surface area contributed by atoms with Crippen LogP contribution >= 0.6 is 0 Å². The molecule has 0 heterocycles. The van der Waals surface area contributed by atoms with Crippen LogP contribution in [0.2, 0.25) is 0 Å². The summed E-state index contributed by atoms with van der Waals surface area (Å²) in [6.07, 6.45) is 4.04. The molecular weight excluding hydrogens is 172 g/mol. The zero-order chi connectivity index (χ0) is 9.97. The van der Waals surface area contributed by atoms with Crippen molar-refractivity contribution in [2.45, 2.75) is 44.6 Å². The number of rotatable bonds is 4. The molecule has 0 aliphatic heterocycles. The minimum Gasteiger partial charge on any atom is -0.393 e. The van der Waals surface area contributed by atoms with E-state index in [0.29, 0.717) is 5.92 Å². The molecule has 0 saturated carbocycles. The first-order valence-corrected chi connectivity index (χ1v) is 5.57. The first kappa shape index (κ1) is 9.72. The molecule has 0 spiro atoms. The summed E-state index contributed by atoms with van der Waals surface area (Å²) in [5.41, 5.74) is 2.93. The Kier molecular flexibility index (Phi) is 2.87. The maximum absolute atomic E-state index is 9.71. The quantitative estimate of drug-likeness (QED) is 0.774. The molecule has 1 aliphatic rings. The van der Waals surface area contributed by atoms with Crippen LogP contribution in [0.4, 0.5) is 0 Å². The summed E-state index contributed by atoms with van der Waals surface area (Å²) in [7, 11) is 0. The highest BCUT2D eigenvalue weighted by molar-refractivity contribution is 5.39. The Morgan fingerprint density at radius 1 is 1.43 bits per heavy atom. The third-order valence-corrected chi connectivity index (χ3v) is 3.14. The van der Waals surface area contributed by atoms with E-state index in [9.17, 15) is 5.11 Å². The van der Waals surface area contributed by atoms with Crippen LogP contribution in [0.5, 0.6) is 0 Å². The van der Waals surface area contributed by atoms with E-state index in [1.54, 1.807) is 0 Å². The van der Waals surface area contributed by atoms with Gasteiger partial charge in [0, 0.05) is 0 Å². The van der Waals surface area contributed by atoms with Crippen molar-refractivity contribution in [1.29, 1.82) is 0 Å². The van der Waals surface area contributed by atoms with Crippen LogP contribution in [0, 0.1) is 0 Å². The molecule has 0 bridgehead atoms. The van der Waals surface area contributed by atoms with Crippen molar-refractivity contribution in [2.75, 3.05) is 0 Å². The Balaban J connectivity index is 1.92. The topological polar surface area (TPSA) is 20.2 Å². The van der Waals surface area contributed by atoms with Crippen molar-refractivity contribution in [1.82, 2.24) is 0 Å². The van der Waals surface area contributed by atoms with Gasteiger partial charge in [0.15, 0.2) is 0 Å². The molecule has 1 aromatic rings. The monoisotopic (exact) mass is 190 g/mol. The fourth-order valence-corrected chi connectivity index (χ4v) is 2.35. The average Bonchev–Trinajstić information content (AvgIpc) is 2.15. The lowest BCUT2D eigenvalue weighted by molar-refractivity contribution is 0.141. The van der Waals surface area contributed by atoms with Crippen molar-refractivity contribution in [2.24, 2.45) is 0 Å². The molecule has 76 valence electrons. The van der Waals surface area contributed by atoms with Gasteiger partial charge in [-0.3, -0.25) is 0 Å². The Bertz CT molecular complexity index is 306. The molecule has 0 fully saturated rings. The maximum Gasteiger partial charge on any atom is 0.0546 e. The van der Waals surface area contributed by atoms with Crippen LogP contribution in [0.15, 0.2) is 24.3 Å². The number of hydrogen-bond acceptors (Lipinski definition) is 1. The van der Waals surface area contributed by atoms with Crippen LogP contribution in [0.25, 0.3) is 0 Å². The van der Waals surface area contributed by atoms with Gasteiger partial charge in [-0.05, 0) is 36.3 Å². The van der Waals surface area contributed by atoms with Gasteiger partial charge < -0.3 is 5.11 Å². The molecule has 1 N–H and O–H groups in total. The molecule has 1 aliphatic carbocycles. The molecule has 14 heavy (non-hydrogen) atoms. The SMILES string of the molecule is CCCC(O)CC1Cc2ccccc21. The van der Waals surface area contributed by atoms with Gasteiger partial charge in [-0.15, -0.1) is 0 Å². The van der Waals surface area contributed by atoms with Crippen molar-refractivity contribution >= 4 is 0 Å². The summed E-state index contributed by atoms with van der Waals surface area (Å²) in [6.45, 7) is 2.12. The summed E-state index contributed by atoms with van der Waals surface area (Å²) in [6, 6.07) is 8.58. The number of benzene rings is 1. The van der Waals surface area contributed by atoms with Gasteiger partial charge in [0.05, 0.1) is 6.10 Å².